The fourth-order valence-electron chi connectivity index (χ4n) is 3.05. The second-order valence-electron chi connectivity index (χ2n) is 7.34. The summed E-state index contributed by atoms with van der Waals surface area (Å²) >= 11 is 23.3. The van der Waals surface area contributed by atoms with Crippen molar-refractivity contribution in [2.24, 2.45) is 0 Å². The van der Waals surface area contributed by atoms with Crippen LogP contribution >= 0.6 is 47.0 Å². The number of nitrogens with zero attached hydrogens (tertiary/aromatic N) is 3. The molecule has 0 fully saturated rings. The molecule has 1 amide bonds. The molecule has 184 valence electrons. The Hall–Kier alpha value is -3.37. The molecule has 12 heteroatoms. The van der Waals surface area contributed by atoms with Crippen molar-refractivity contribution in [3.05, 3.63) is 93.7 Å². The Morgan fingerprint density at radius 1 is 0.917 bits per heavy atom. The lowest BCUT2D eigenvalue weighted by Crippen LogP contribution is -2.36. The molecular formula is C24H19Cl3N6O2S. The van der Waals surface area contributed by atoms with Crippen LogP contribution in [0.3, 0.4) is 0 Å². The van der Waals surface area contributed by atoms with Gasteiger partial charge in [0.05, 0.1) is 11.2 Å². The van der Waals surface area contributed by atoms with E-state index in [1.54, 1.807) is 42.5 Å². The van der Waals surface area contributed by atoms with Crippen molar-refractivity contribution in [3.63, 3.8) is 0 Å². The van der Waals surface area contributed by atoms with E-state index in [1.165, 1.54) is 10.9 Å². The lowest BCUT2D eigenvalue weighted by Gasteiger charge is -2.12. The number of hydrogen-bond donors (Lipinski definition) is 3. The van der Waals surface area contributed by atoms with Gasteiger partial charge in [0.1, 0.15) is 11.4 Å². The Labute approximate surface area is 227 Å². The van der Waals surface area contributed by atoms with Crippen molar-refractivity contribution in [2.75, 3.05) is 18.4 Å². The molecule has 4 rings (SSSR count). The minimum atomic E-state index is -0.376. The first-order valence-electron chi connectivity index (χ1n) is 10.6. The Morgan fingerprint density at radius 2 is 1.64 bits per heavy atom. The van der Waals surface area contributed by atoms with Crippen LogP contribution in [0.25, 0.3) is 5.69 Å². The summed E-state index contributed by atoms with van der Waals surface area (Å²) in [6.07, 6.45) is 1.52. The van der Waals surface area contributed by atoms with Crippen molar-refractivity contribution in [1.29, 1.82) is 0 Å². The third-order valence-corrected chi connectivity index (χ3v) is 5.78. The van der Waals surface area contributed by atoms with E-state index >= 15 is 0 Å². The first kappa shape index (κ1) is 25.7. The number of carbonyl (C=O) groups excluding carboxylic acids is 1. The first-order chi connectivity index (χ1) is 17.4. The first-order valence-corrected chi connectivity index (χ1v) is 12.2. The van der Waals surface area contributed by atoms with E-state index < -0.39 is 0 Å². The number of thiocarbonyl (C=S) groups is 1. The highest BCUT2D eigenvalue weighted by Crippen LogP contribution is 2.34. The van der Waals surface area contributed by atoms with E-state index in [4.69, 9.17) is 51.8 Å². The predicted octanol–water partition coefficient (Wildman–Crippen LogP) is 5.74. The molecule has 0 aliphatic carbocycles. The highest BCUT2D eigenvalue weighted by Gasteiger charge is 2.15. The van der Waals surface area contributed by atoms with Crippen LogP contribution in [0.5, 0.6) is 11.5 Å². The number of para-hydroxylation sites is 2. The summed E-state index contributed by atoms with van der Waals surface area (Å²) in [6.45, 7) is 0.737. The molecule has 8 nitrogen and oxygen atoms in total. The van der Waals surface area contributed by atoms with Crippen LogP contribution in [-0.2, 0) is 0 Å². The van der Waals surface area contributed by atoms with Gasteiger partial charge in [0, 0.05) is 28.8 Å². The molecule has 36 heavy (non-hydrogen) atoms. The maximum Gasteiger partial charge on any atom is 0.273 e. The maximum atomic E-state index is 12.5. The van der Waals surface area contributed by atoms with Crippen LogP contribution in [0.2, 0.25) is 15.1 Å². The number of rotatable bonds is 8. The minimum Gasteiger partial charge on any atom is -0.454 e. The van der Waals surface area contributed by atoms with Gasteiger partial charge in [-0.15, -0.1) is 5.10 Å². The molecule has 0 aliphatic rings. The van der Waals surface area contributed by atoms with Crippen molar-refractivity contribution >= 4 is 63.7 Å². The van der Waals surface area contributed by atoms with Crippen LogP contribution in [-0.4, -0.2) is 39.1 Å². The van der Waals surface area contributed by atoms with Gasteiger partial charge in [-0.2, -0.15) is 0 Å². The molecule has 1 heterocycles. The summed E-state index contributed by atoms with van der Waals surface area (Å²) in [5, 5.41) is 18.8. The van der Waals surface area contributed by atoms with Crippen molar-refractivity contribution in [1.82, 2.24) is 25.6 Å². The van der Waals surface area contributed by atoms with Gasteiger partial charge in [-0.25, -0.2) is 4.68 Å². The van der Waals surface area contributed by atoms with Gasteiger partial charge in [-0.3, -0.25) is 4.79 Å². The molecule has 0 atom stereocenters. The molecule has 4 aromatic rings. The monoisotopic (exact) mass is 560 g/mol. The summed E-state index contributed by atoms with van der Waals surface area (Å²) in [5.41, 5.74) is 1.53. The van der Waals surface area contributed by atoms with Gasteiger partial charge < -0.3 is 20.7 Å². The molecule has 0 radical (unpaired) electrons. The van der Waals surface area contributed by atoms with E-state index in [0.29, 0.717) is 50.5 Å². The van der Waals surface area contributed by atoms with E-state index in [-0.39, 0.29) is 11.6 Å². The van der Waals surface area contributed by atoms with Crippen LogP contribution in [0, 0.1) is 0 Å². The smallest absolute Gasteiger partial charge is 0.273 e. The molecule has 0 spiro atoms. The summed E-state index contributed by atoms with van der Waals surface area (Å²) in [7, 11) is 0. The number of anilines is 1. The van der Waals surface area contributed by atoms with Gasteiger partial charge in [-0.05, 0) is 66.8 Å². The Kier molecular flexibility index (Phi) is 8.61. The molecule has 0 saturated heterocycles. The zero-order chi connectivity index (χ0) is 25.5. The Balaban J connectivity index is 1.32. The zero-order valence-electron chi connectivity index (χ0n) is 18.5. The fraction of sp³-hybridized carbons (Fsp3) is 0.0833. The summed E-state index contributed by atoms with van der Waals surface area (Å²) < 4.78 is 7.41. The van der Waals surface area contributed by atoms with Gasteiger partial charge in [0.2, 0.25) is 0 Å². The summed E-state index contributed by atoms with van der Waals surface area (Å²) in [4.78, 5) is 12.5. The fourth-order valence-corrected chi connectivity index (χ4v) is 3.84. The SMILES string of the molecule is O=C(NCCNC(=S)Nc1ccc(Cl)cc1)c1cn(-c2ccccc2Oc2ccc(Cl)cc2Cl)nn1. The minimum absolute atomic E-state index is 0.149. The summed E-state index contributed by atoms with van der Waals surface area (Å²) in [6, 6.07) is 19.3. The number of nitrogens with one attached hydrogen (secondary N) is 3. The van der Waals surface area contributed by atoms with Gasteiger partial charge in [-0.1, -0.05) is 52.1 Å². The molecule has 0 bridgehead atoms. The van der Waals surface area contributed by atoms with Crippen molar-refractivity contribution < 1.29 is 9.53 Å². The highest BCUT2D eigenvalue weighted by atomic mass is 35.5. The number of amides is 1. The molecule has 0 unspecified atom stereocenters. The molecule has 3 aromatic carbocycles. The number of ether oxygens (including phenoxy) is 1. The number of carbonyl (C=O) groups is 1. The molecule has 1 aromatic heterocycles. The van der Waals surface area contributed by atoms with E-state index in [2.05, 4.69) is 26.3 Å². The van der Waals surface area contributed by atoms with Gasteiger partial charge in [0.25, 0.3) is 5.91 Å². The van der Waals surface area contributed by atoms with Gasteiger partial charge in [0.15, 0.2) is 16.6 Å². The third kappa shape index (κ3) is 6.86. The van der Waals surface area contributed by atoms with E-state index in [1.807, 2.05) is 24.3 Å². The summed E-state index contributed by atoms with van der Waals surface area (Å²) in [5.74, 6) is 0.533. The Morgan fingerprint density at radius 3 is 2.42 bits per heavy atom. The van der Waals surface area contributed by atoms with Crippen molar-refractivity contribution in [2.45, 2.75) is 0 Å². The normalized spacial score (nSPS) is 10.5. The number of hydrogen-bond acceptors (Lipinski definition) is 5. The van der Waals surface area contributed by atoms with Gasteiger partial charge >= 0.3 is 0 Å². The lowest BCUT2D eigenvalue weighted by atomic mass is 10.3. The molecular weight excluding hydrogens is 543 g/mol. The molecule has 0 saturated carbocycles. The molecule has 3 N–H and O–H groups in total. The maximum absolute atomic E-state index is 12.5. The highest BCUT2D eigenvalue weighted by molar-refractivity contribution is 7.80. The van der Waals surface area contributed by atoms with Crippen LogP contribution in [0.1, 0.15) is 10.5 Å². The predicted molar refractivity (Wildman–Crippen MR) is 146 cm³/mol. The number of aromatic nitrogens is 3. The van der Waals surface area contributed by atoms with Crippen LogP contribution in [0.15, 0.2) is 72.9 Å². The number of halogens is 3. The van der Waals surface area contributed by atoms with E-state index in [9.17, 15) is 4.79 Å². The third-order valence-electron chi connectivity index (χ3n) is 4.75. The average molecular weight is 562 g/mol. The zero-order valence-corrected chi connectivity index (χ0v) is 21.6. The van der Waals surface area contributed by atoms with Crippen LogP contribution in [0.4, 0.5) is 5.69 Å². The number of benzene rings is 3. The lowest BCUT2D eigenvalue weighted by molar-refractivity contribution is 0.0949. The van der Waals surface area contributed by atoms with Crippen molar-refractivity contribution in [3.8, 4) is 17.2 Å². The Bertz CT molecular complexity index is 1380. The van der Waals surface area contributed by atoms with E-state index in [0.717, 1.165) is 5.69 Å². The standard InChI is InChI=1S/C24H19Cl3N6O2S/c25-15-5-8-17(9-6-15)30-24(36)29-12-11-28-23(34)19-14-33(32-31-19)20-3-1-2-4-22(20)35-21-10-7-16(26)13-18(21)27/h1-10,13-14H,11-12H2,(H,28,34)(H2,29,30,36). The average Bonchev–Trinajstić information content (AvgIpc) is 3.35. The topological polar surface area (TPSA) is 93.1 Å². The largest absolute Gasteiger partial charge is 0.454 e. The van der Waals surface area contributed by atoms with Crippen LogP contribution < -0.4 is 20.7 Å². The quantitative estimate of drug-likeness (QED) is 0.187. The molecule has 0 aliphatic heterocycles. The second-order valence-corrected chi connectivity index (χ2v) is 9.02. The second kappa shape index (κ2) is 12.0.